The van der Waals surface area contributed by atoms with E-state index in [1.165, 1.54) is 6.92 Å². The van der Waals surface area contributed by atoms with Gasteiger partial charge in [-0.2, -0.15) is 0 Å². The number of nitrogens with two attached hydrogens (primary N) is 1. The van der Waals surface area contributed by atoms with Gasteiger partial charge in [0.05, 0.1) is 12.6 Å². The van der Waals surface area contributed by atoms with Gasteiger partial charge in [0.2, 0.25) is 17.7 Å². The summed E-state index contributed by atoms with van der Waals surface area (Å²) in [6.45, 7) is 4.15. The molecular formula is C16H28N4O8. The molecule has 0 aromatic rings. The quantitative estimate of drug-likeness (QED) is 0.181. The van der Waals surface area contributed by atoms with E-state index in [0.717, 1.165) is 0 Å². The van der Waals surface area contributed by atoms with E-state index < -0.39 is 60.3 Å². The monoisotopic (exact) mass is 404 g/mol. The maximum Gasteiger partial charge on any atom is 0.326 e. The number of carbonyl (C=O) groups is 5. The largest absolute Gasteiger partial charge is 0.481 e. The van der Waals surface area contributed by atoms with E-state index in [1.54, 1.807) is 13.8 Å². The second-order valence-corrected chi connectivity index (χ2v) is 6.55. The highest BCUT2D eigenvalue weighted by atomic mass is 16.4. The highest BCUT2D eigenvalue weighted by Gasteiger charge is 2.33. The van der Waals surface area contributed by atoms with Gasteiger partial charge >= 0.3 is 11.9 Å². The average molecular weight is 404 g/mol. The molecule has 0 rings (SSSR count). The van der Waals surface area contributed by atoms with Crippen LogP contribution < -0.4 is 21.7 Å². The van der Waals surface area contributed by atoms with Gasteiger partial charge in [-0.15, -0.1) is 0 Å². The fraction of sp³-hybridized carbons (Fsp3) is 0.688. The smallest absolute Gasteiger partial charge is 0.326 e. The van der Waals surface area contributed by atoms with Crippen LogP contribution in [0.1, 0.15) is 33.6 Å². The predicted molar refractivity (Wildman–Crippen MR) is 95.9 cm³/mol. The summed E-state index contributed by atoms with van der Waals surface area (Å²) in [4.78, 5) is 58.1. The molecule has 0 radical (unpaired) electrons. The molecule has 0 aliphatic rings. The Bertz CT molecular complexity index is 593. The summed E-state index contributed by atoms with van der Waals surface area (Å²) < 4.78 is 0. The molecule has 3 amide bonds. The zero-order chi connectivity index (χ0) is 22.0. The number of rotatable bonds is 12. The number of hydrogen-bond acceptors (Lipinski definition) is 7. The molecule has 0 heterocycles. The molecular weight excluding hydrogens is 376 g/mol. The zero-order valence-corrected chi connectivity index (χ0v) is 16.0. The van der Waals surface area contributed by atoms with Crippen LogP contribution in [-0.4, -0.2) is 75.8 Å². The molecule has 0 fully saturated rings. The SMILES string of the molecule is CC(C)C(NC(=O)CN)C(=O)NC(C(=O)NC(CCC(=O)O)C(=O)O)C(C)O. The third-order valence-electron chi connectivity index (χ3n) is 3.78. The Morgan fingerprint density at radius 1 is 0.893 bits per heavy atom. The van der Waals surface area contributed by atoms with Gasteiger partial charge in [-0.3, -0.25) is 19.2 Å². The number of aliphatic hydroxyl groups is 1. The van der Waals surface area contributed by atoms with Crippen molar-refractivity contribution in [1.82, 2.24) is 16.0 Å². The van der Waals surface area contributed by atoms with Crippen LogP contribution in [0.3, 0.4) is 0 Å². The number of carboxylic acids is 2. The fourth-order valence-corrected chi connectivity index (χ4v) is 2.20. The van der Waals surface area contributed by atoms with Crippen LogP contribution in [0.15, 0.2) is 0 Å². The summed E-state index contributed by atoms with van der Waals surface area (Å²) in [5.74, 6) is -5.43. The first-order valence-electron chi connectivity index (χ1n) is 8.63. The van der Waals surface area contributed by atoms with E-state index in [1.807, 2.05) is 0 Å². The van der Waals surface area contributed by atoms with Crippen molar-refractivity contribution in [3.05, 3.63) is 0 Å². The second kappa shape index (κ2) is 11.9. The van der Waals surface area contributed by atoms with E-state index in [9.17, 15) is 29.1 Å². The minimum atomic E-state index is -1.52. The maximum atomic E-state index is 12.4. The van der Waals surface area contributed by atoms with Gasteiger partial charge in [0, 0.05) is 6.42 Å². The Labute approximate surface area is 161 Å². The Morgan fingerprint density at radius 3 is 1.82 bits per heavy atom. The minimum absolute atomic E-state index is 0.347. The summed E-state index contributed by atoms with van der Waals surface area (Å²) in [6, 6.07) is -4.07. The fourth-order valence-electron chi connectivity index (χ4n) is 2.20. The Kier molecular flexibility index (Phi) is 10.7. The molecule has 0 saturated heterocycles. The first-order valence-corrected chi connectivity index (χ1v) is 8.63. The number of amides is 3. The van der Waals surface area contributed by atoms with Gasteiger partial charge in [-0.1, -0.05) is 13.8 Å². The molecule has 0 aliphatic heterocycles. The second-order valence-electron chi connectivity index (χ2n) is 6.55. The normalized spacial score (nSPS) is 15.1. The molecule has 0 saturated carbocycles. The van der Waals surface area contributed by atoms with E-state index in [0.29, 0.717) is 0 Å². The molecule has 160 valence electrons. The summed E-state index contributed by atoms with van der Waals surface area (Å²) in [6.07, 6.45) is -2.27. The van der Waals surface area contributed by atoms with Crippen molar-refractivity contribution < 1.29 is 39.3 Å². The third kappa shape index (κ3) is 8.77. The van der Waals surface area contributed by atoms with Crippen LogP contribution in [0.5, 0.6) is 0 Å². The van der Waals surface area contributed by atoms with Gasteiger partial charge in [0.1, 0.15) is 18.1 Å². The minimum Gasteiger partial charge on any atom is -0.481 e. The molecule has 12 heteroatoms. The first-order chi connectivity index (χ1) is 12.9. The molecule has 0 bridgehead atoms. The van der Waals surface area contributed by atoms with E-state index in [-0.39, 0.29) is 18.9 Å². The lowest BCUT2D eigenvalue weighted by Crippen LogP contribution is -2.60. The summed E-state index contributed by atoms with van der Waals surface area (Å²) in [5, 5.41) is 34.3. The Hall–Kier alpha value is -2.73. The van der Waals surface area contributed by atoms with E-state index in [2.05, 4.69) is 16.0 Å². The topological polar surface area (TPSA) is 208 Å². The average Bonchev–Trinajstić information content (AvgIpc) is 2.59. The van der Waals surface area contributed by atoms with Crippen molar-refractivity contribution in [2.45, 2.75) is 57.8 Å². The molecule has 8 N–H and O–H groups in total. The highest BCUT2D eigenvalue weighted by molar-refractivity contribution is 5.94. The Morgan fingerprint density at radius 2 is 1.43 bits per heavy atom. The standard InChI is InChI=1S/C16H28N4O8/c1-7(2)12(19-10(22)6-17)14(25)20-13(8(3)21)15(26)18-9(16(27)28)4-5-11(23)24/h7-9,12-13,21H,4-6,17H2,1-3H3,(H,18,26)(H,19,22)(H,20,25)(H,23,24)(H,27,28). The first kappa shape index (κ1) is 25.3. The summed E-state index contributed by atoms with van der Waals surface area (Å²) in [5.41, 5.74) is 5.21. The number of aliphatic carboxylic acids is 2. The van der Waals surface area contributed by atoms with Gasteiger partial charge < -0.3 is 37.0 Å². The molecule has 0 aromatic carbocycles. The van der Waals surface area contributed by atoms with Crippen LogP contribution in [0.2, 0.25) is 0 Å². The number of hydrogen-bond donors (Lipinski definition) is 7. The van der Waals surface area contributed by atoms with E-state index in [4.69, 9.17) is 15.9 Å². The third-order valence-corrected chi connectivity index (χ3v) is 3.78. The lowest BCUT2D eigenvalue weighted by atomic mass is 10.0. The van der Waals surface area contributed by atoms with Gasteiger partial charge in [-0.05, 0) is 19.3 Å². The van der Waals surface area contributed by atoms with Gasteiger partial charge in [-0.25, -0.2) is 4.79 Å². The molecule has 0 spiro atoms. The van der Waals surface area contributed by atoms with Crippen molar-refractivity contribution in [3.63, 3.8) is 0 Å². The van der Waals surface area contributed by atoms with Gasteiger partial charge in [0.25, 0.3) is 0 Å². The van der Waals surface area contributed by atoms with Crippen LogP contribution in [0.25, 0.3) is 0 Å². The maximum absolute atomic E-state index is 12.4. The van der Waals surface area contributed by atoms with Gasteiger partial charge in [0.15, 0.2) is 0 Å². The molecule has 0 aromatic heterocycles. The van der Waals surface area contributed by atoms with Crippen molar-refractivity contribution in [2.24, 2.45) is 11.7 Å². The number of nitrogens with one attached hydrogen (secondary N) is 3. The lowest BCUT2D eigenvalue weighted by molar-refractivity contribution is -0.144. The lowest BCUT2D eigenvalue weighted by Gasteiger charge is -2.27. The number of carboxylic acid groups (broad SMARTS) is 2. The van der Waals surface area contributed by atoms with E-state index >= 15 is 0 Å². The van der Waals surface area contributed by atoms with Crippen LogP contribution in [0, 0.1) is 5.92 Å². The predicted octanol–water partition coefficient (Wildman–Crippen LogP) is -2.61. The van der Waals surface area contributed by atoms with Crippen molar-refractivity contribution >= 4 is 29.7 Å². The van der Waals surface area contributed by atoms with Crippen LogP contribution in [-0.2, 0) is 24.0 Å². The number of carbonyl (C=O) groups excluding carboxylic acids is 3. The molecule has 12 nitrogen and oxygen atoms in total. The molecule has 28 heavy (non-hydrogen) atoms. The van der Waals surface area contributed by atoms with Crippen LogP contribution >= 0.6 is 0 Å². The summed E-state index contributed by atoms with van der Waals surface area (Å²) >= 11 is 0. The Balaban J connectivity index is 5.23. The van der Waals surface area contributed by atoms with Crippen molar-refractivity contribution in [1.29, 1.82) is 0 Å². The highest BCUT2D eigenvalue weighted by Crippen LogP contribution is 2.05. The molecule has 4 unspecified atom stereocenters. The molecule has 4 atom stereocenters. The zero-order valence-electron chi connectivity index (χ0n) is 16.0. The van der Waals surface area contributed by atoms with Crippen molar-refractivity contribution in [3.8, 4) is 0 Å². The molecule has 0 aliphatic carbocycles. The summed E-state index contributed by atoms with van der Waals surface area (Å²) in [7, 11) is 0. The van der Waals surface area contributed by atoms with Crippen molar-refractivity contribution in [2.75, 3.05) is 6.54 Å². The van der Waals surface area contributed by atoms with Crippen LogP contribution in [0.4, 0.5) is 0 Å². The number of aliphatic hydroxyl groups excluding tert-OH is 1.